The number of amides is 3. The highest BCUT2D eigenvalue weighted by Crippen LogP contribution is 2.27. The summed E-state index contributed by atoms with van der Waals surface area (Å²) in [4.78, 5) is 48.2. The predicted octanol–water partition coefficient (Wildman–Crippen LogP) is 0.353. The van der Waals surface area contributed by atoms with Crippen LogP contribution in [0.3, 0.4) is 0 Å². The van der Waals surface area contributed by atoms with Gasteiger partial charge in [0.05, 0.1) is 5.69 Å². The van der Waals surface area contributed by atoms with E-state index >= 15 is 0 Å². The molecule has 1 aromatic heterocycles. The number of likely N-dealkylation sites (tertiary alicyclic amines) is 1. The molecule has 0 bridgehead atoms. The number of carbonyl (C=O) groups excluding carboxylic acids is 3. The largest absolute Gasteiger partial charge is 0.338 e. The number of rotatable bonds is 2. The van der Waals surface area contributed by atoms with Gasteiger partial charge in [0.25, 0.3) is 5.91 Å². The SMILES string of the molecule is CC(=O)N1CCc2nc(C3CCN(C(=O)C4=NNC(=O)CC4)CC3)ncc2C1. The minimum absolute atomic E-state index is 0.0777. The molecule has 0 unspecified atom stereocenters. The van der Waals surface area contributed by atoms with Crippen molar-refractivity contribution in [3.8, 4) is 0 Å². The Kier molecular flexibility index (Phi) is 5.06. The van der Waals surface area contributed by atoms with Gasteiger partial charge in [0.1, 0.15) is 11.5 Å². The van der Waals surface area contributed by atoms with Crippen LogP contribution in [0.5, 0.6) is 0 Å². The minimum atomic E-state index is -0.147. The third kappa shape index (κ3) is 3.74. The molecule has 3 aliphatic rings. The van der Waals surface area contributed by atoms with Gasteiger partial charge in [0.15, 0.2) is 0 Å². The van der Waals surface area contributed by atoms with Crippen molar-refractivity contribution in [2.45, 2.75) is 51.5 Å². The molecule has 4 rings (SSSR count). The van der Waals surface area contributed by atoms with Gasteiger partial charge in [-0.25, -0.2) is 15.4 Å². The first-order valence-electron chi connectivity index (χ1n) is 9.76. The molecule has 1 aromatic rings. The molecule has 0 aromatic carbocycles. The third-order valence-electron chi connectivity index (χ3n) is 5.70. The summed E-state index contributed by atoms with van der Waals surface area (Å²) in [7, 11) is 0. The Morgan fingerprint density at radius 1 is 1.11 bits per heavy atom. The molecular formula is C19H24N6O3. The maximum atomic E-state index is 12.6. The molecule has 1 fully saturated rings. The first kappa shape index (κ1) is 18.5. The van der Waals surface area contributed by atoms with Gasteiger partial charge in [-0.15, -0.1) is 0 Å². The van der Waals surface area contributed by atoms with Crippen molar-refractivity contribution in [1.82, 2.24) is 25.2 Å². The van der Waals surface area contributed by atoms with Crippen molar-refractivity contribution in [2.24, 2.45) is 5.10 Å². The highest BCUT2D eigenvalue weighted by molar-refractivity contribution is 6.39. The Labute approximate surface area is 163 Å². The second-order valence-electron chi connectivity index (χ2n) is 7.55. The van der Waals surface area contributed by atoms with E-state index in [0.717, 1.165) is 36.3 Å². The molecule has 0 aliphatic carbocycles. The number of carbonyl (C=O) groups is 3. The topological polar surface area (TPSA) is 108 Å². The number of hydrogen-bond acceptors (Lipinski definition) is 6. The van der Waals surface area contributed by atoms with E-state index in [9.17, 15) is 14.4 Å². The summed E-state index contributed by atoms with van der Waals surface area (Å²) in [6.07, 6.45) is 4.94. The van der Waals surface area contributed by atoms with E-state index in [1.807, 2.05) is 11.1 Å². The van der Waals surface area contributed by atoms with Crippen LogP contribution in [0.4, 0.5) is 0 Å². The van der Waals surface area contributed by atoms with E-state index in [1.54, 1.807) is 11.8 Å². The summed E-state index contributed by atoms with van der Waals surface area (Å²) in [6.45, 7) is 4.13. The Balaban J connectivity index is 1.37. The van der Waals surface area contributed by atoms with Gasteiger partial charge in [-0.3, -0.25) is 14.4 Å². The second-order valence-corrected chi connectivity index (χ2v) is 7.55. The number of aromatic nitrogens is 2. The lowest BCUT2D eigenvalue weighted by Gasteiger charge is -2.32. The molecule has 3 amide bonds. The molecule has 4 heterocycles. The number of fused-ring (bicyclic) bond motifs is 1. The molecule has 0 spiro atoms. The van der Waals surface area contributed by atoms with Gasteiger partial charge >= 0.3 is 0 Å². The average molecular weight is 384 g/mol. The maximum absolute atomic E-state index is 12.6. The van der Waals surface area contributed by atoms with Crippen molar-refractivity contribution in [3.63, 3.8) is 0 Å². The fourth-order valence-electron chi connectivity index (χ4n) is 3.95. The normalized spacial score (nSPS) is 20.3. The third-order valence-corrected chi connectivity index (χ3v) is 5.70. The van der Waals surface area contributed by atoms with Crippen LogP contribution in [-0.4, -0.2) is 62.8 Å². The van der Waals surface area contributed by atoms with Crippen molar-refractivity contribution >= 4 is 23.4 Å². The average Bonchev–Trinajstić information content (AvgIpc) is 2.73. The second kappa shape index (κ2) is 7.65. The Hall–Kier alpha value is -2.84. The summed E-state index contributed by atoms with van der Waals surface area (Å²) < 4.78 is 0. The summed E-state index contributed by atoms with van der Waals surface area (Å²) in [5.74, 6) is 0.909. The lowest BCUT2D eigenvalue weighted by atomic mass is 9.94. The summed E-state index contributed by atoms with van der Waals surface area (Å²) >= 11 is 0. The maximum Gasteiger partial charge on any atom is 0.270 e. The molecule has 0 radical (unpaired) electrons. The van der Waals surface area contributed by atoms with E-state index in [0.29, 0.717) is 44.7 Å². The van der Waals surface area contributed by atoms with Gasteiger partial charge in [0.2, 0.25) is 11.8 Å². The quantitative estimate of drug-likeness (QED) is 0.792. The van der Waals surface area contributed by atoms with Crippen LogP contribution < -0.4 is 5.43 Å². The van der Waals surface area contributed by atoms with Crippen LogP contribution in [0.25, 0.3) is 0 Å². The standard InChI is InChI=1S/C19H24N6O3/c1-12(26)25-9-6-15-14(11-25)10-20-18(21-15)13-4-7-24(8-5-13)19(28)16-2-3-17(27)23-22-16/h10,13H,2-9,11H2,1H3,(H,23,27). The van der Waals surface area contributed by atoms with E-state index < -0.39 is 0 Å². The van der Waals surface area contributed by atoms with E-state index in [1.165, 1.54) is 0 Å². The van der Waals surface area contributed by atoms with Crippen molar-refractivity contribution in [3.05, 3.63) is 23.3 Å². The molecule has 0 saturated carbocycles. The van der Waals surface area contributed by atoms with E-state index in [2.05, 4.69) is 15.5 Å². The van der Waals surface area contributed by atoms with Gasteiger partial charge < -0.3 is 9.80 Å². The van der Waals surface area contributed by atoms with Crippen molar-refractivity contribution in [1.29, 1.82) is 0 Å². The minimum Gasteiger partial charge on any atom is -0.338 e. The first-order chi connectivity index (χ1) is 13.5. The number of hydrogen-bond donors (Lipinski definition) is 1. The lowest BCUT2D eigenvalue weighted by Crippen LogP contribution is -2.44. The highest BCUT2D eigenvalue weighted by Gasteiger charge is 2.30. The summed E-state index contributed by atoms with van der Waals surface area (Å²) in [5, 5.41) is 3.90. The van der Waals surface area contributed by atoms with Crippen molar-refractivity contribution in [2.75, 3.05) is 19.6 Å². The predicted molar refractivity (Wildman–Crippen MR) is 100 cm³/mol. The molecule has 9 nitrogen and oxygen atoms in total. The van der Waals surface area contributed by atoms with Crippen LogP contribution in [-0.2, 0) is 27.3 Å². The summed E-state index contributed by atoms with van der Waals surface area (Å²) in [5.41, 5.74) is 4.87. The summed E-state index contributed by atoms with van der Waals surface area (Å²) in [6, 6.07) is 0. The van der Waals surface area contributed by atoms with Crippen LogP contribution in [0, 0.1) is 0 Å². The smallest absolute Gasteiger partial charge is 0.270 e. The zero-order chi connectivity index (χ0) is 19.7. The molecule has 28 heavy (non-hydrogen) atoms. The number of nitrogens with zero attached hydrogens (tertiary/aromatic N) is 5. The Morgan fingerprint density at radius 3 is 2.57 bits per heavy atom. The molecular weight excluding hydrogens is 360 g/mol. The van der Waals surface area contributed by atoms with Gasteiger partial charge in [-0.1, -0.05) is 0 Å². The Morgan fingerprint density at radius 2 is 1.89 bits per heavy atom. The lowest BCUT2D eigenvalue weighted by molar-refractivity contribution is -0.130. The molecule has 3 aliphatic heterocycles. The number of hydrazone groups is 1. The monoisotopic (exact) mass is 384 g/mol. The van der Waals surface area contributed by atoms with Crippen molar-refractivity contribution < 1.29 is 14.4 Å². The zero-order valence-electron chi connectivity index (χ0n) is 16.0. The first-order valence-corrected chi connectivity index (χ1v) is 9.76. The molecule has 9 heteroatoms. The molecule has 148 valence electrons. The van der Waals surface area contributed by atoms with Gasteiger partial charge in [0, 0.05) is 70.0 Å². The van der Waals surface area contributed by atoms with Gasteiger partial charge in [-0.2, -0.15) is 5.10 Å². The van der Waals surface area contributed by atoms with Crippen LogP contribution >= 0.6 is 0 Å². The number of nitrogens with one attached hydrogen (secondary N) is 1. The van der Waals surface area contributed by atoms with Crippen LogP contribution in [0.2, 0.25) is 0 Å². The Bertz CT molecular complexity index is 844. The molecule has 0 atom stereocenters. The fraction of sp³-hybridized carbons (Fsp3) is 0.579. The van der Waals surface area contributed by atoms with E-state index in [4.69, 9.17) is 4.98 Å². The zero-order valence-corrected chi connectivity index (χ0v) is 16.0. The van der Waals surface area contributed by atoms with Gasteiger partial charge in [-0.05, 0) is 12.8 Å². The fourth-order valence-corrected chi connectivity index (χ4v) is 3.95. The van der Waals surface area contributed by atoms with Crippen LogP contribution in [0.15, 0.2) is 11.3 Å². The van der Waals surface area contributed by atoms with E-state index in [-0.39, 0.29) is 23.6 Å². The highest BCUT2D eigenvalue weighted by atomic mass is 16.2. The number of piperidine rings is 1. The van der Waals surface area contributed by atoms with Crippen LogP contribution in [0.1, 0.15) is 55.6 Å². The molecule has 1 N–H and O–H groups in total. The molecule has 1 saturated heterocycles.